The maximum absolute atomic E-state index is 12.8. The van der Waals surface area contributed by atoms with Crippen LogP contribution < -0.4 is 16.4 Å². The molecule has 0 spiro atoms. The summed E-state index contributed by atoms with van der Waals surface area (Å²) in [4.78, 5) is 12.2. The van der Waals surface area contributed by atoms with Crippen molar-refractivity contribution in [2.24, 2.45) is 5.73 Å². The lowest BCUT2D eigenvalue weighted by Crippen LogP contribution is -2.58. The number of ether oxygens (including phenoxy) is 2. The van der Waals surface area contributed by atoms with Gasteiger partial charge in [0.15, 0.2) is 5.11 Å². The highest BCUT2D eigenvalue weighted by molar-refractivity contribution is 7.80. The maximum atomic E-state index is 12.8. The summed E-state index contributed by atoms with van der Waals surface area (Å²) in [5, 5.41) is 6.17. The molecule has 178 valence electrons. The molecule has 0 amide bonds. The van der Waals surface area contributed by atoms with E-state index in [1.54, 1.807) is 13.0 Å². The van der Waals surface area contributed by atoms with Gasteiger partial charge >= 0.3 is 12.1 Å². The summed E-state index contributed by atoms with van der Waals surface area (Å²) >= 11 is 5.35. The minimum Gasteiger partial charge on any atom is -0.463 e. The van der Waals surface area contributed by atoms with Crippen molar-refractivity contribution in [1.82, 2.24) is 5.32 Å². The molecule has 0 saturated carbocycles. The molecule has 0 radical (unpaired) electrons. The monoisotopic (exact) mass is 473 g/mol. The van der Waals surface area contributed by atoms with Gasteiger partial charge in [0.05, 0.1) is 30.4 Å². The Kier molecular flexibility index (Phi) is 9.47. The second-order valence-corrected chi connectivity index (χ2v) is 7.93. The van der Waals surface area contributed by atoms with E-state index in [-0.39, 0.29) is 24.2 Å². The lowest BCUT2D eigenvalue weighted by Gasteiger charge is -2.37. The van der Waals surface area contributed by atoms with Crippen LogP contribution in [0.4, 0.5) is 18.9 Å². The Morgan fingerprint density at radius 2 is 1.84 bits per heavy atom. The molecule has 3 atom stereocenters. The predicted octanol–water partition coefficient (Wildman–Crippen LogP) is 4.15. The van der Waals surface area contributed by atoms with Crippen molar-refractivity contribution in [2.75, 3.05) is 11.9 Å². The third kappa shape index (κ3) is 7.18. The van der Waals surface area contributed by atoms with Crippen LogP contribution in [0.1, 0.15) is 45.6 Å². The van der Waals surface area contributed by atoms with Crippen LogP contribution in [0.3, 0.4) is 0 Å². The number of rotatable bonds is 8. The van der Waals surface area contributed by atoms with Crippen molar-refractivity contribution in [3.63, 3.8) is 0 Å². The average molecular weight is 474 g/mol. The van der Waals surface area contributed by atoms with Crippen molar-refractivity contribution in [1.29, 1.82) is 0 Å². The molecule has 0 bridgehead atoms. The highest BCUT2D eigenvalue weighted by atomic mass is 32.1. The van der Waals surface area contributed by atoms with Crippen LogP contribution in [-0.2, 0) is 20.4 Å². The van der Waals surface area contributed by atoms with E-state index in [1.165, 1.54) is 12.1 Å². The Balaban J connectivity index is 2.15. The SMILES string of the molecule is CCOC(=O)C1=C[C@H](OC(CC)CC)[C@H](NC(=S)Nc2ccc(C(F)(F)F)cc2)[C@@H](N)C1. The highest BCUT2D eigenvalue weighted by Gasteiger charge is 2.36. The molecule has 0 heterocycles. The Labute approximate surface area is 191 Å². The van der Waals surface area contributed by atoms with E-state index >= 15 is 0 Å². The molecule has 10 heteroatoms. The number of carbonyl (C=O) groups excluding carboxylic acids is 1. The van der Waals surface area contributed by atoms with Crippen LogP contribution in [0.15, 0.2) is 35.9 Å². The molecule has 1 aliphatic carbocycles. The Hall–Kier alpha value is -2.17. The van der Waals surface area contributed by atoms with Gasteiger partial charge in [0.25, 0.3) is 0 Å². The third-order valence-electron chi connectivity index (χ3n) is 5.20. The number of hydrogen-bond donors (Lipinski definition) is 3. The Morgan fingerprint density at radius 3 is 2.38 bits per heavy atom. The molecule has 0 aliphatic heterocycles. The number of nitrogens with one attached hydrogen (secondary N) is 2. The van der Waals surface area contributed by atoms with E-state index in [2.05, 4.69) is 10.6 Å². The summed E-state index contributed by atoms with van der Waals surface area (Å²) in [5.41, 5.74) is 6.47. The van der Waals surface area contributed by atoms with Gasteiger partial charge in [-0.2, -0.15) is 13.2 Å². The molecule has 2 rings (SSSR count). The third-order valence-corrected chi connectivity index (χ3v) is 5.42. The second kappa shape index (κ2) is 11.6. The number of nitrogens with two attached hydrogens (primary N) is 1. The fraction of sp³-hybridized carbons (Fsp3) is 0.545. The topological polar surface area (TPSA) is 85.6 Å². The van der Waals surface area contributed by atoms with E-state index in [0.717, 1.165) is 25.0 Å². The summed E-state index contributed by atoms with van der Waals surface area (Å²) in [7, 11) is 0. The standard InChI is InChI=1S/C22H30F3N3O3S/c1-4-16(5-2)31-18-12-13(20(29)30-6-3)11-17(26)19(18)28-21(32)27-15-9-7-14(8-10-15)22(23,24)25/h7-10,12,16-19H,4-6,11,26H2,1-3H3,(H2,27,28,32)/t17-,18-,19+/m0/s1. The van der Waals surface area contributed by atoms with Crippen LogP contribution in [-0.4, -0.2) is 42.0 Å². The molecular weight excluding hydrogens is 443 g/mol. The molecule has 1 aromatic rings. The van der Waals surface area contributed by atoms with E-state index in [9.17, 15) is 18.0 Å². The summed E-state index contributed by atoms with van der Waals surface area (Å²) in [6.07, 6.45) is -1.41. The quantitative estimate of drug-likeness (QED) is 0.386. The van der Waals surface area contributed by atoms with Crippen molar-refractivity contribution in [2.45, 2.75) is 70.5 Å². The van der Waals surface area contributed by atoms with Crippen molar-refractivity contribution in [3.05, 3.63) is 41.5 Å². The summed E-state index contributed by atoms with van der Waals surface area (Å²) < 4.78 is 49.6. The molecule has 0 fully saturated rings. The maximum Gasteiger partial charge on any atom is 0.416 e. The molecule has 6 nitrogen and oxygen atoms in total. The highest BCUT2D eigenvalue weighted by Crippen LogP contribution is 2.30. The number of thiocarbonyl (C=S) groups is 1. The van der Waals surface area contributed by atoms with E-state index in [1.807, 2.05) is 13.8 Å². The van der Waals surface area contributed by atoms with Crippen LogP contribution in [0.25, 0.3) is 0 Å². The fourth-order valence-electron chi connectivity index (χ4n) is 3.45. The Bertz CT molecular complexity index is 811. The largest absolute Gasteiger partial charge is 0.463 e. The van der Waals surface area contributed by atoms with Crippen LogP contribution in [0.2, 0.25) is 0 Å². The lowest BCUT2D eigenvalue weighted by atomic mass is 9.88. The molecule has 0 unspecified atom stereocenters. The van der Waals surface area contributed by atoms with Gasteiger partial charge in [0.1, 0.15) is 0 Å². The molecule has 1 aliphatic rings. The summed E-state index contributed by atoms with van der Waals surface area (Å²) in [6.45, 7) is 6.00. The summed E-state index contributed by atoms with van der Waals surface area (Å²) in [5.74, 6) is -0.426. The first kappa shape index (κ1) is 26.1. The number of benzene rings is 1. The van der Waals surface area contributed by atoms with Crippen LogP contribution in [0, 0.1) is 0 Å². The summed E-state index contributed by atoms with van der Waals surface area (Å²) in [6, 6.07) is 3.62. The van der Waals surface area contributed by atoms with Gasteiger partial charge in [0, 0.05) is 17.3 Å². The van der Waals surface area contributed by atoms with Crippen LogP contribution in [0.5, 0.6) is 0 Å². The van der Waals surface area contributed by atoms with Gasteiger partial charge < -0.3 is 25.8 Å². The molecule has 0 saturated heterocycles. The molecular formula is C22H30F3N3O3S. The predicted molar refractivity (Wildman–Crippen MR) is 121 cm³/mol. The van der Waals surface area contributed by atoms with E-state index in [4.69, 9.17) is 27.4 Å². The van der Waals surface area contributed by atoms with Gasteiger partial charge in [-0.1, -0.05) is 13.8 Å². The molecule has 1 aromatic carbocycles. The van der Waals surface area contributed by atoms with E-state index in [0.29, 0.717) is 11.3 Å². The first-order valence-electron chi connectivity index (χ1n) is 10.6. The zero-order valence-electron chi connectivity index (χ0n) is 18.4. The minimum atomic E-state index is -4.41. The number of alkyl halides is 3. The number of esters is 1. The van der Waals surface area contributed by atoms with Gasteiger partial charge in [-0.05, 0) is 68.7 Å². The number of carbonyl (C=O) groups is 1. The zero-order chi connectivity index (χ0) is 23.9. The van der Waals surface area contributed by atoms with Crippen molar-refractivity contribution < 1.29 is 27.4 Å². The normalized spacial score (nSPS) is 21.1. The first-order chi connectivity index (χ1) is 15.1. The Morgan fingerprint density at radius 1 is 1.22 bits per heavy atom. The smallest absolute Gasteiger partial charge is 0.416 e. The molecule has 0 aromatic heterocycles. The van der Waals surface area contributed by atoms with Gasteiger partial charge in [-0.15, -0.1) is 0 Å². The second-order valence-electron chi connectivity index (χ2n) is 7.52. The molecule has 4 N–H and O–H groups in total. The number of anilines is 1. The van der Waals surface area contributed by atoms with Crippen LogP contribution >= 0.6 is 12.2 Å². The first-order valence-corrected chi connectivity index (χ1v) is 11.0. The van der Waals surface area contributed by atoms with Gasteiger partial charge in [-0.3, -0.25) is 0 Å². The van der Waals surface area contributed by atoms with Crippen molar-refractivity contribution in [3.8, 4) is 0 Å². The lowest BCUT2D eigenvalue weighted by molar-refractivity contribution is -0.139. The number of halogens is 3. The average Bonchev–Trinajstić information content (AvgIpc) is 2.73. The number of hydrogen-bond acceptors (Lipinski definition) is 5. The zero-order valence-corrected chi connectivity index (χ0v) is 19.2. The van der Waals surface area contributed by atoms with Gasteiger partial charge in [0.2, 0.25) is 0 Å². The minimum absolute atomic E-state index is 0.0364. The molecule has 32 heavy (non-hydrogen) atoms. The van der Waals surface area contributed by atoms with E-state index < -0.39 is 35.9 Å². The van der Waals surface area contributed by atoms with Gasteiger partial charge in [-0.25, -0.2) is 4.79 Å². The fourth-order valence-corrected chi connectivity index (χ4v) is 3.70. The van der Waals surface area contributed by atoms with Crippen molar-refractivity contribution >= 4 is 29.0 Å².